The summed E-state index contributed by atoms with van der Waals surface area (Å²) in [5.74, 6) is 1.38. The van der Waals surface area contributed by atoms with Gasteiger partial charge in [-0.3, -0.25) is 0 Å². The average Bonchev–Trinajstić information content (AvgIpc) is 2.37. The van der Waals surface area contributed by atoms with Gasteiger partial charge in [-0.2, -0.15) is 16.7 Å². The van der Waals surface area contributed by atoms with Crippen molar-refractivity contribution in [1.29, 1.82) is 0 Å². The Labute approximate surface area is 112 Å². The van der Waals surface area contributed by atoms with Crippen molar-refractivity contribution in [1.82, 2.24) is 9.97 Å². The fraction of sp³-hybridized carbons (Fsp3) is 0.667. The van der Waals surface area contributed by atoms with Gasteiger partial charge in [-0.25, -0.2) is 9.37 Å². The second-order valence-electron chi connectivity index (χ2n) is 4.14. The van der Waals surface area contributed by atoms with Crippen molar-refractivity contribution in [2.75, 3.05) is 29.2 Å². The maximum absolute atomic E-state index is 13.6. The van der Waals surface area contributed by atoms with E-state index in [0.717, 1.165) is 25.1 Å². The van der Waals surface area contributed by atoms with Crippen LogP contribution in [0.1, 0.15) is 26.7 Å². The summed E-state index contributed by atoms with van der Waals surface area (Å²) in [5, 5.41) is 6.13. The van der Waals surface area contributed by atoms with Gasteiger partial charge in [0.05, 0.1) is 6.20 Å². The van der Waals surface area contributed by atoms with Gasteiger partial charge in [0.15, 0.2) is 11.6 Å². The van der Waals surface area contributed by atoms with E-state index in [4.69, 9.17) is 0 Å². The lowest BCUT2D eigenvalue weighted by molar-refractivity contribution is 0.611. The molecule has 0 saturated carbocycles. The third-order valence-corrected chi connectivity index (χ3v) is 3.06. The Morgan fingerprint density at radius 2 is 2.28 bits per heavy atom. The molecule has 6 heteroatoms. The molecule has 0 aliphatic carbocycles. The van der Waals surface area contributed by atoms with E-state index < -0.39 is 5.82 Å². The molecule has 0 aliphatic heterocycles. The van der Waals surface area contributed by atoms with Crippen LogP contribution in [0.25, 0.3) is 0 Å². The van der Waals surface area contributed by atoms with Crippen molar-refractivity contribution >= 4 is 23.5 Å². The average molecular weight is 272 g/mol. The zero-order chi connectivity index (χ0) is 13.4. The summed E-state index contributed by atoms with van der Waals surface area (Å²) < 4.78 is 13.6. The fourth-order valence-electron chi connectivity index (χ4n) is 1.39. The molecule has 0 amide bonds. The largest absolute Gasteiger partial charge is 0.365 e. The number of halogens is 1. The molecule has 1 atom stereocenters. The first-order valence-corrected chi connectivity index (χ1v) is 7.58. The molecular weight excluding hydrogens is 251 g/mol. The van der Waals surface area contributed by atoms with Crippen LogP contribution in [0.4, 0.5) is 16.2 Å². The van der Waals surface area contributed by atoms with E-state index in [2.05, 4.69) is 33.8 Å². The van der Waals surface area contributed by atoms with Crippen molar-refractivity contribution in [2.45, 2.75) is 32.7 Å². The van der Waals surface area contributed by atoms with Crippen LogP contribution < -0.4 is 10.6 Å². The second kappa shape index (κ2) is 8.13. The highest BCUT2D eigenvalue weighted by molar-refractivity contribution is 7.98. The highest BCUT2D eigenvalue weighted by Gasteiger charge is 2.09. The van der Waals surface area contributed by atoms with Gasteiger partial charge in [-0.05, 0) is 31.8 Å². The Bertz CT molecular complexity index is 362. The van der Waals surface area contributed by atoms with Crippen LogP contribution in [-0.4, -0.2) is 34.6 Å². The molecule has 0 saturated heterocycles. The molecule has 0 fully saturated rings. The molecule has 0 spiro atoms. The van der Waals surface area contributed by atoms with Gasteiger partial charge >= 0.3 is 0 Å². The fourth-order valence-corrected chi connectivity index (χ4v) is 1.98. The summed E-state index contributed by atoms with van der Waals surface area (Å²) in [6, 6.07) is 0.195. The summed E-state index contributed by atoms with van der Waals surface area (Å²) in [4.78, 5) is 8.05. The minimum atomic E-state index is -0.409. The van der Waals surface area contributed by atoms with Crippen LogP contribution in [0.2, 0.25) is 0 Å². The van der Waals surface area contributed by atoms with E-state index in [-0.39, 0.29) is 11.9 Å². The van der Waals surface area contributed by atoms with E-state index in [9.17, 15) is 4.39 Å². The molecule has 2 N–H and O–H groups in total. The number of hydrogen-bond donors (Lipinski definition) is 2. The minimum Gasteiger partial charge on any atom is -0.365 e. The van der Waals surface area contributed by atoms with Crippen molar-refractivity contribution in [3.05, 3.63) is 12.0 Å². The smallest absolute Gasteiger partial charge is 0.224 e. The number of anilines is 2. The van der Waals surface area contributed by atoms with Crippen LogP contribution in [-0.2, 0) is 0 Å². The Kier molecular flexibility index (Phi) is 6.78. The molecule has 1 heterocycles. The van der Waals surface area contributed by atoms with Gasteiger partial charge in [0.25, 0.3) is 0 Å². The van der Waals surface area contributed by atoms with E-state index in [1.54, 1.807) is 11.8 Å². The van der Waals surface area contributed by atoms with E-state index in [1.165, 1.54) is 6.20 Å². The molecule has 0 bridgehead atoms. The normalized spacial score (nSPS) is 12.2. The van der Waals surface area contributed by atoms with Gasteiger partial charge in [0.2, 0.25) is 5.95 Å². The zero-order valence-corrected chi connectivity index (χ0v) is 12.0. The minimum absolute atomic E-state index is 0.195. The van der Waals surface area contributed by atoms with Gasteiger partial charge in [-0.15, -0.1) is 0 Å². The van der Waals surface area contributed by atoms with Crippen LogP contribution in [0.5, 0.6) is 0 Å². The van der Waals surface area contributed by atoms with Crippen molar-refractivity contribution in [2.24, 2.45) is 0 Å². The maximum Gasteiger partial charge on any atom is 0.224 e. The molecule has 0 aliphatic rings. The molecule has 0 aromatic carbocycles. The molecule has 102 valence electrons. The van der Waals surface area contributed by atoms with E-state index in [0.29, 0.717) is 5.95 Å². The molecule has 1 rings (SSSR count). The topological polar surface area (TPSA) is 49.8 Å². The molecular formula is C12H21FN4S. The first kappa shape index (κ1) is 15.0. The number of nitrogens with one attached hydrogen (secondary N) is 2. The Balaban J connectivity index is 2.62. The number of thioether (sulfide) groups is 1. The summed E-state index contributed by atoms with van der Waals surface area (Å²) in [7, 11) is 0. The van der Waals surface area contributed by atoms with Crippen molar-refractivity contribution in [3.63, 3.8) is 0 Å². The van der Waals surface area contributed by atoms with Gasteiger partial charge in [-0.1, -0.05) is 6.92 Å². The second-order valence-corrected chi connectivity index (χ2v) is 5.13. The first-order valence-electron chi connectivity index (χ1n) is 6.19. The summed E-state index contributed by atoms with van der Waals surface area (Å²) >= 11 is 1.78. The molecule has 1 unspecified atom stereocenters. The molecule has 1 aromatic heterocycles. The summed E-state index contributed by atoms with van der Waals surface area (Å²) in [6.07, 6.45) is 5.22. The summed E-state index contributed by atoms with van der Waals surface area (Å²) in [5.41, 5.74) is 0. The third kappa shape index (κ3) is 5.08. The SMILES string of the molecule is CCCNc1ncc(F)c(NC(C)CCSC)n1. The lowest BCUT2D eigenvalue weighted by atomic mass is 10.2. The molecule has 4 nitrogen and oxygen atoms in total. The quantitative estimate of drug-likeness (QED) is 0.762. The van der Waals surface area contributed by atoms with Crippen LogP contribution in [0, 0.1) is 5.82 Å². The standard InChI is InChI=1S/C12H21FN4S/c1-4-6-14-12-15-8-10(13)11(17-12)16-9(2)5-7-18-3/h8-9H,4-7H2,1-3H3,(H2,14,15,16,17). The van der Waals surface area contributed by atoms with Gasteiger partial charge in [0, 0.05) is 12.6 Å². The number of nitrogens with zero attached hydrogens (tertiary/aromatic N) is 2. The highest BCUT2D eigenvalue weighted by atomic mass is 32.2. The van der Waals surface area contributed by atoms with Gasteiger partial charge in [0.1, 0.15) is 0 Å². The highest BCUT2D eigenvalue weighted by Crippen LogP contribution is 2.14. The van der Waals surface area contributed by atoms with Crippen LogP contribution in [0.15, 0.2) is 6.20 Å². The predicted octanol–water partition coefficient (Wildman–Crippen LogP) is 2.99. The monoisotopic (exact) mass is 272 g/mol. The Morgan fingerprint density at radius 1 is 1.50 bits per heavy atom. The summed E-state index contributed by atoms with van der Waals surface area (Å²) in [6.45, 7) is 4.87. The van der Waals surface area contributed by atoms with Gasteiger partial charge < -0.3 is 10.6 Å². The lowest BCUT2D eigenvalue weighted by Crippen LogP contribution is -2.18. The van der Waals surface area contributed by atoms with E-state index in [1.807, 2.05) is 6.92 Å². The molecule has 18 heavy (non-hydrogen) atoms. The molecule has 0 radical (unpaired) electrons. The van der Waals surface area contributed by atoms with Crippen molar-refractivity contribution < 1.29 is 4.39 Å². The van der Waals surface area contributed by atoms with Crippen molar-refractivity contribution in [3.8, 4) is 0 Å². The first-order chi connectivity index (χ1) is 8.67. The lowest BCUT2D eigenvalue weighted by Gasteiger charge is -2.15. The zero-order valence-electron chi connectivity index (χ0n) is 11.2. The van der Waals surface area contributed by atoms with E-state index >= 15 is 0 Å². The van der Waals surface area contributed by atoms with Crippen LogP contribution in [0.3, 0.4) is 0 Å². The predicted molar refractivity (Wildman–Crippen MR) is 76.9 cm³/mol. The maximum atomic E-state index is 13.6. The molecule has 1 aromatic rings. The number of aromatic nitrogens is 2. The van der Waals surface area contributed by atoms with Crippen LogP contribution >= 0.6 is 11.8 Å². The number of rotatable bonds is 8. The Morgan fingerprint density at radius 3 is 2.94 bits per heavy atom. The number of hydrogen-bond acceptors (Lipinski definition) is 5. The third-order valence-electron chi connectivity index (χ3n) is 2.42. The Hall–Kier alpha value is -1.04.